The van der Waals surface area contributed by atoms with Crippen molar-refractivity contribution < 1.29 is 4.79 Å². The van der Waals surface area contributed by atoms with Gasteiger partial charge in [0.25, 0.3) is 0 Å². The average Bonchev–Trinajstić information content (AvgIpc) is 2.85. The first-order valence-electron chi connectivity index (χ1n) is 5.78. The molecule has 4 nitrogen and oxygen atoms in total. The zero-order valence-corrected chi connectivity index (χ0v) is 11.8. The predicted octanol–water partition coefficient (Wildman–Crippen LogP) is 3.07. The lowest BCUT2D eigenvalue weighted by Gasteiger charge is -2.15. The normalized spacial score (nSPS) is 12.2. The lowest BCUT2D eigenvalue weighted by molar-refractivity contribution is -0.122. The molecule has 0 saturated heterocycles. The minimum absolute atomic E-state index is 0.109. The molecule has 1 atom stereocenters. The number of nitrogens with one attached hydrogen (secondary N) is 1. The molecule has 1 aromatic heterocycles. The van der Waals surface area contributed by atoms with Crippen LogP contribution in [0.15, 0.2) is 36.7 Å². The van der Waals surface area contributed by atoms with Crippen LogP contribution in [0.2, 0.25) is 10.0 Å². The molecule has 0 radical (unpaired) electrons. The van der Waals surface area contributed by atoms with Gasteiger partial charge >= 0.3 is 0 Å². The fourth-order valence-corrected chi connectivity index (χ4v) is 2.00. The number of benzene rings is 1. The van der Waals surface area contributed by atoms with E-state index in [0.717, 1.165) is 5.56 Å². The van der Waals surface area contributed by atoms with Gasteiger partial charge in [0.15, 0.2) is 0 Å². The molecule has 1 amide bonds. The first kappa shape index (κ1) is 13.9. The standard InChI is InChI=1S/C13H13Cl2N3O/c1-9(10-3-4-11(14)12(15)7-10)17-13(19)8-18-6-2-5-16-18/h2-7,9H,8H2,1H3,(H,17,19)/t9-/m0/s1. The summed E-state index contributed by atoms with van der Waals surface area (Å²) < 4.78 is 1.57. The quantitative estimate of drug-likeness (QED) is 0.943. The number of amides is 1. The Morgan fingerprint density at radius 1 is 1.42 bits per heavy atom. The SMILES string of the molecule is C[C@H](NC(=O)Cn1cccn1)c1ccc(Cl)c(Cl)c1. The smallest absolute Gasteiger partial charge is 0.242 e. The molecular weight excluding hydrogens is 285 g/mol. The third-order valence-corrected chi connectivity index (χ3v) is 3.42. The van der Waals surface area contributed by atoms with Crippen LogP contribution in [0.4, 0.5) is 0 Å². The number of nitrogens with zero attached hydrogens (tertiary/aromatic N) is 2. The van der Waals surface area contributed by atoms with Crippen molar-refractivity contribution in [1.29, 1.82) is 0 Å². The van der Waals surface area contributed by atoms with Crippen molar-refractivity contribution in [2.75, 3.05) is 0 Å². The van der Waals surface area contributed by atoms with Gasteiger partial charge in [-0.2, -0.15) is 5.10 Å². The minimum Gasteiger partial charge on any atom is -0.348 e. The van der Waals surface area contributed by atoms with Crippen molar-refractivity contribution >= 4 is 29.1 Å². The maximum Gasteiger partial charge on any atom is 0.242 e. The highest BCUT2D eigenvalue weighted by atomic mass is 35.5. The summed E-state index contributed by atoms with van der Waals surface area (Å²) in [5.74, 6) is -0.109. The molecule has 100 valence electrons. The molecule has 6 heteroatoms. The first-order chi connectivity index (χ1) is 9.06. The number of carbonyl (C=O) groups excluding carboxylic acids is 1. The molecule has 0 spiro atoms. The van der Waals surface area contributed by atoms with Crippen LogP contribution in [0.1, 0.15) is 18.5 Å². The fourth-order valence-electron chi connectivity index (χ4n) is 1.69. The zero-order valence-electron chi connectivity index (χ0n) is 10.3. The van der Waals surface area contributed by atoms with E-state index in [1.54, 1.807) is 35.3 Å². The molecule has 0 fully saturated rings. The molecule has 2 aromatic rings. The van der Waals surface area contributed by atoms with Crippen LogP contribution < -0.4 is 5.32 Å². The molecule has 1 heterocycles. The highest BCUT2D eigenvalue weighted by Crippen LogP contribution is 2.25. The van der Waals surface area contributed by atoms with Crippen LogP contribution in [0.3, 0.4) is 0 Å². The van der Waals surface area contributed by atoms with Gasteiger partial charge in [0, 0.05) is 12.4 Å². The number of rotatable bonds is 4. The first-order valence-corrected chi connectivity index (χ1v) is 6.53. The largest absolute Gasteiger partial charge is 0.348 e. The molecule has 0 aliphatic carbocycles. The Bertz CT molecular complexity index is 569. The number of aromatic nitrogens is 2. The van der Waals surface area contributed by atoms with Crippen LogP contribution in [0.5, 0.6) is 0 Å². The molecular formula is C13H13Cl2N3O. The van der Waals surface area contributed by atoms with E-state index >= 15 is 0 Å². The predicted molar refractivity (Wildman–Crippen MR) is 75.2 cm³/mol. The Balaban J connectivity index is 1.98. The van der Waals surface area contributed by atoms with E-state index in [1.165, 1.54) is 0 Å². The van der Waals surface area contributed by atoms with Crippen molar-refractivity contribution in [3.8, 4) is 0 Å². The monoisotopic (exact) mass is 297 g/mol. The molecule has 1 N–H and O–H groups in total. The van der Waals surface area contributed by atoms with Crippen LogP contribution in [0.25, 0.3) is 0 Å². The Morgan fingerprint density at radius 3 is 2.84 bits per heavy atom. The van der Waals surface area contributed by atoms with Gasteiger partial charge in [0.2, 0.25) is 5.91 Å². The number of halogens is 2. The summed E-state index contributed by atoms with van der Waals surface area (Å²) in [6.07, 6.45) is 3.37. The molecule has 1 aromatic carbocycles. The minimum atomic E-state index is -0.141. The molecule has 2 rings (SSSR count). The van der Waals surface area contributed by atoms with Crippen LogP contribution in [-0.2, 0) is 11.3 Å². The molecule has 0 aliphatic heterocycles. The van der Waals surface area contributed by atoms with Gasteiger partial charge in [-0.1, -0.05) is 29.3 Å². The van der Waals surface area contributed by atoms with E-state index in [2.05, 4.69) is 10.4 Å². The van der Waals surface area contributed by atoms with E-state index in [4.69, 9.17) is 23.2 Å². The second kappa shape index (κ2) is 6.08. The van der Waals surface area contributed by atoms with Gasteiger partial charge in [-0.25, -0.2) is 0 Å². The van der Waals surface area contributed by atoms with Crippen molar-refractivity contribution in [1.82, 2.24) is 15.1 Å². The Kier molecular flexibility index (Phi) is 4.45. The van der Waals surface area contributed by atoms with E-state index in [0.29, 0.717) is 10.0 Å². The molecule has 0 unspecified atom stereocenters. The van der Waals surface area contributed by atoms with Crippen molar-refractivity contribution in [2.45, 2.75) is 19.5 Å². The van der Waals surface area contributed by atoms with Gasteiger partial charge in [-0.15, -0.1) is 0 Å². The summed E-state index contributed by atoms with van der Waals surface area (Å²) in [7, 11) is 0. The second-order valence-electron chi connectivity index (χ2n) is 4.17. The van der Waals surface area contributed by atoms with E-state index in [-0.39, 0.29) is 18.5 Å². The number of hydrogen-bond acceptors (Lipinski definition) is 2. The van der Waals surface area contributed by atoms with Crippen molar-refractivity contribution in [3.05, 3.63) is 52.3 Å². The maximum absolute atomic E-state index is 11.8. The number of carbonyl (C=O) groups is 1. The summed E-state index contributed by atoms with van der Waals surface area (Å²) in [5.41, 5.74) is 0.906. The highest BCUT2D eigenvalue weighted by molar-refractivity contribution is 6.42. The van der Waals surface area contributed by atoms with E-state index < -0.39 is 0 Å². The Labute approximate surface area is 121 Å². The van der Waals surface area contributed by atoms with Gasteiger partial charge < -0.3 is 5.32 Å². The van der Waals surface area contributed by atoms with E-state index in [1.807, 2.05) is 13.0 Å². The van der Waals surface area contributed by atoms with Crippen LogP contribution >= 0.6 is 23.2 Å². The second-order valence-corrected chi connectivity index (χ2v) is 4.98. The van der Waals surface area contributed by atoms with Gasteiger partial charge in [0.1, 0.15) is 6.54 Å². The lowest BCUT2D eigenvalue weighted by Crippen LogP contribution is -2.30. The van der Waals surface area contributed by atoms with Crippen LogP contribution in [-0.4, -0.2) is 15.7 Å². The average molecular weight is 298 g/mol. The van der Waals surface area contributed by atoms with Crippen molar-refractivity contribution in [3.63, 3.8) is 0 Å². The Morgan fingerprint density at radius 2 is 2.21 bits per heavy atom. The fraction of sp³-hybridized carbons (Fsp3) is 0.231. The zero-order chi connectivity index (χ0) is 13.8. The van der Waals surface area contributed by atoms with Gasteiger partial charge in [0.05, 0.1) is 16.1 Å². The summed E-state index contributed by atoms with van der Waals surface area (Å²) in [4.78, 5) is 11.8. The summed E-state index contributed by atoms with van der Waals surface area (Å²) in [5, 5.41) is 7.84. The summed E-state index contributed by atoms with van der Waals surface area (Å²) >= 11 is 11.8. The molecule has 19 heavy (non-hydrogen) atoms. The molecule has 0 saturated carbocycles. The Hall–Kier alpha value is -1.52. The van der Waals surface area contributed by atoms with Gasteiger partial charge in [-0.3, -0.25) is 9.48 Å². The third-order valence-electron chi connectivity index (χ3n) is 2.69. The lowest BCUT2D eigenvalue weighted by atomic mass is 10.1. The maximum atomic E-state index is 11.8. The van der Waals surface area contributed by atoms with Crippen LogP contribution in [0, 0.1) is 0 Å². The van der Waals surface area contributed by atoms with Gasteiger partial charge in [-0.05, 0) is 30.7 Å². The topological polar surface area (TPSA) is 46.9 Å². The summed E-state index contributed by atoms with van der Waals surface area (Å²) in [6.45, 7) is 2.08. The summed E-state index contributed by atoms with van der Waals surface area (Å²) in [6, 6.07) is 6.94. The number of hydrogen-bond donors (Lipinski definition) is 1. The van der Waals surface area contributed by atoms with Crippen molar-refractivity contribution in [2.24, 2.45) is 0 Å². The third kappa shape index (κ3) is 3.72. The highest BCUT2D eigenvalue weighted by Gasteiger charge is 2.11. The molecule has 0 aliphatic rings. The van der Waals surface area contributed by atoms with E-state index in [9.17, 15) is 4.79 Å². The molecule has 0 bridgehead atoms.